The Balaban J connectivity index is 3.19. The number of carboxylic acids is 1. The first-order chi connectivity index (χ1) is 6.02. The molecule has 0 amide bonds. The fraction of sp³-hybridized carbons (Fsp3) is 0.400. The number of hydrogen-bond acceptors (Lipinski definition) is 2. The Kier molecular flexibility index (Phi) is 2.66. The summed E-state index contributed by atoms with van der Waals surface area (Å²) in [5.41, 5.74) is 1.83. The highest BCUT2D eigenvalue weighted by Gasteiger charge is 2.10. The maximum absolute atomic E-state index is 10.8. The van der Waals surface area contributed by atoms with Crippen LogP contribution >= 0.6 is 0 Å². The van der Waals surface area contributed by atoms with Crippen molar-refractivity contribution >= 4 is 5.97 Å². The lowest BCUT2D eigenvalue weighted by molar-refractivity contribution is 0.0695. The summed E-state index contributed by atoms with van der Waals surface area (Å²) in [7, 11) is 0. The van der Waals surface area contributed by atoms with E-state index >= 15 is 0 Å². The third kappa shape index (κ3) is 2.05. The molecule has 0 saturated carbocycles. The molecule has 3 nitrogen and oxygen atoms in total. The van der Waals surface area contributed by atoms with Crippen LogP contribution in [0.1, 0.15) is 41.4 Å². The molecule has 0 spiro atoms. The number of aryl methyl sites for hydroxylation is 1. The second-order valence-corrected chi connectivity index (χ2v) is 3.36. The van der Waals surface area contributed by atoms with Gasteiger partial charge in [0.15, 0.2) is 0 Å². The lowest BCUT2D eigenvalue weighted by atomic mass is 10.0. The smallest absolute Gasteiger partial charge is 0.337 e. The minimum absolute atomic E-state index is 0.297. The molecule has 0 atom stereocenters. The van der Waals surface area contributed by atoms with Gasteiger partial charge < -0.3 is 5.11 Å². The highest BCUT2D eigenvalue weighted by atomic mass is 16.4. The van der Waals surface area contributed by atoms with E-state index in [1.807, 2.05) is 13.8 Å². The molecule has 0 radical (unpaired) electrons. The molecule has 0 aliphatic heterocycles. The zero-order valence-corrected chi connectivity index (χ0v) is 8.03. The Morgan fingerprint density at radius 2 is 2.15 bits per heavy atom. The van der Waals surface area contributed by atoms with Crippen LogP contribution in [0.4, 0.5) is 0 Å². The van der Waals surface area contributed by atoms with Crippen molar-refractivity contribution in [2.45, 2.75) is 26.7 Å². The van der Waals surface area contributed by atoms with Gasteiger partial charge in [-0.15, -0.1) is 0 Å². The van der Waals surface area contributed by atoms with Crippen molar-refractivity contribution in [2.75, 3.05) is 0 Å². The predicted octanol–water partition coefficient (Wildman–Crippen LogP) is 2.21. The van der Waals surface area contributed by atoms with Gasteiger partial charge in [-0.2, -0.15) is 0 Å². The molecule has 0 aliphatic rings. The quantitative estimate of drug-likeness (QED) is 0.757. The summed E-state index contributed by atoms with van der Waals surface area (Å²) in [6.45, 7) is 5.73. The normalized spacial score (nSPS) is 10.5. The Morgan fingerprint density at radius 1 is 1.54 bits per heavy atom. The Labute approximate surface area is 77.4 Å². The van der Waals surface area contributed by atoms with Crippen molar-refractivity contribution in [2.24, 2.45) is 0 Å². The number of pyridine rings is 1. The van der Waals surface area contributed by atoms with Crippen LogP contribution in [0.2, 0.25) is 0 Å². The first-order valence-electron chi connectivity index (χ1n) is 4.22. The number of hydrogen-bond donors (Lipinski definition) is 1. The van der Waals surface area contributed by atoms with Gasteiger partial charge >= 0.3 is 5.97 Å². The molecule has 13 heavy (non-hydrogen) atoms. The number of aromatic carboxylic acids is 1. The van der Waals surface area contributed by atoms with Crippen molar-refractivity contribution in [1.82, 2.24) is 4.98 Å². The lowest BCUT2D eigenvalue weighted by Gasteiger charge is -2.06. The fourth-order valence-electron chi connectivity index (χ4n) is 1.08. The van der Waals surface area contributed by atoms with Gasteiger partial charge in [0.1, 0.15) is 0 Å². The highest BCUT2D eigenvalue weighted by Crippen LogP contribution is 2.16. The molecule has 1 aromatic rings. The third-order valence-electron chi connectivity index (χ3n) is 2.01. The molecule has 0 bridgehead atoms. The van der Waals surface area contributed by atoms with Crippen LogP contribution in [0.5, 0.6) is 0 Å². The second-order valence-electron chi connectivity index (χ2n) is 3.36. The third-order valence-corrected chi connectivity index (χ3v) is 2.01. The average molecular weight is 179 g/mol. The monoisotopic (exact) mass is 179 g/mol. The van der Waals surface area contributed by atoms with Crippen LogP contribution < -0.4 is 0 Å². The topological polar surface area (TPSA) is 50.2 Å². The molecule has 1 rings (SSSR count). The molecule has 1 heterocycles. The number of carbonyl (C=O) groups is 1. The molecule has 0 aliphatic carbocycles. The summed E-state index contributed by atoms with van der Waals surface area (Å²) in [6, 6.07) is 1.69. The van der Waals surface area contributed by atoms with Crippen LogP contribution in [0.15, 0.2) is 12.3 Å². The van der Waals surface area contributed by atoms with E-state index in [2.05, 4.69) is 4.98 Å². The molecule has 0 unspecified atom stereocenters. The van der Waals surface area contributed by atoms with Crippen molar-refractivity contribution < 1.29 is 9.90 Å². The Morgan fingerprint density at radius 3 is 2.62 bits per heavy atom. The fourth-order valence-corrected chi connectivity index (χ4v) is 1.08. The van der Waals surface area contributed by atoms with Gasteiger partial charge in [0.05, 0.1) is 11.3 Å². The summed E-state index contributed by atoms with van der Waals surface area (Å²) in [5, 5.41) is 8.83. The Bertz CT molecular complexity index is 332. The molecule has 3 heteroatoms. The van der Waals surface area contributed by atoms with Crippen molar-refractivity contribution in [3.8, 4) is 0 Å². The summed E-state index contributed by atoms with van der Waals surface area (Å²) in [4.78, 5) is 14.8. The van der Waals surface area contributed by atoms with Crippen LogP contribution in [0, 0.1) is 6.92 Å². The van der Waals surface area contributed by atoms with Crippen molar-refractivity contribution in [3.05, 3.63) is 29.1 Å². The Hall–Kier alpha value is -1.38. The van der Waals surface area contributed by atoms with Gasteiger partial charge in [-0.3, -0.25) is 4.98 Å². The molecule has 0 saturated heterocycles. The van der Waals surface area contributed by atoms with Gasteiger partial charge in [-0.05, 0) is 24.5 Å². The maximum Gasteiger partial charge on any atom is 0.337 e. The van der Waals surface area contributed by atoms with Crippen molar-refractivity contribution in [3.63, 3.8) is 0 Å². The van der Waals surface area contributed by atoms with E-state index in [0.717, 1.165) is 5.56 Å². The predicted molar refractivity (Wildman–Crippen MR) is 50.0 cm³/mol. The maximum atomic E-state index is 10.8. The zero-order chi connectivity index (χ0) is 10.0. The van der Waals surface area contributed by atoms with E-state index in [-0.39, 0.29) is 0 Å². The summed E-state index contributed by atoms with van der Waals surface area (Å²) < 4.78 is 0. The first-order valence-corrected chi connectivity index (χ1v) is 4.22. The number of carboxylic acid groups (broad SMARTS) is 1. The van der Waals surface area contributed by atoms with E-state index in [1.165, 1.54) is 0 Å². The van der Waals surface area contributed by atoms with E-state index in [4.69, 9.17) is 5.11 Å². The van der Waals surface area contributed by atoms with Crippen LogP contribution in [-0.2, 0) is 0 Å². The van der Waals surface area contributed by atoms with Gasteiger partial charge in [-0.1, -0.05) is 13.8 Å². The van der Waals surface area contributed by atoms with Gasteiger partial charge in [0.2, 0.25) is 0 Å². The zero-order valence-electron chi connectivity index (χ0n) is 8.03. The SMILES string of the molecule is Cc1ncc(C(C)C)cc1C(=O)O. The van der Waals surface area contributed by atoms with Gasteiger partial charge in [0.25, 0.3) is 0 Å². The molecular formula is C10H13NO2. The number of nitrogens with zero attached hydrogens (tertiary/aromatic N) is 1. The summed E-state index contributed by atoms with van der Waals surface area (Å²) >= 11 is 0. The molecular weight excluding hydrogens is 166 g/mol. The van der Waals surface area contributed by atoms with Crippen LogP contribution in [-0.4, -0.2) is 16.1 Å². The summed E-state index contributed by atoms with van der Waals surface area (Å²) in [6.07, 6.45) is 1.73. The van der Waals surface area contributed by atoms with E-state index in [9.17, 15) is 4.79 Å². The van der Waals surface area contributed by atoms with Gasteiger partial charge in [-0.25, -0.2) is 4.79 Å². The highest BCUT2D eigenvalue weighted by molar-refractivity contribution is 5.88. The molecule has 1 N–H and O–H groups in total. The number of aromatic nitrogens is 1. The average Bonchev–Trinajstić information content (AvgIpc) is 2.04. The molecule has 70 valence electrons. The van der Waals surface area contributed by atoms with E-state index in [1.54, 1.807) is 19.2 Å². The van der Waals surface area contributed by atoms with Crippen LogP contribution in [0.3, 0.4) is 0 Å². The minimum atomic E-state index is -0.910. The van der Waals surface area contributed by atoms with E-state index < -0.39 is 5.97 Å². The molecule has 0 aromatic carbocycles. The first kappa shape index (κ1) is 9.71. The minimum Gasteiger partial charge on any atom is -0.478 e. The van der Waals surface area contributed by atoms with Crippen molar-refractivity contribution in [1.29, 1.82) is 0 Å². The van der Waals surface area contributed by atoms with Crippen LogP contribution in [0.25, 0.3) is 0 Å². The second kappa shape index (κ2) is 3.56. The molecule has 0 fully saturated rings. The van der Waals surface area contributed by atoms with E-state index in [0.29, 0.717) is 17.2 Å². The molecule has 1 aromatic heterocycles. The lowest BCUT2D eigenvalue weighted by Crippen LogP contribution is -2.03. The largest absolute Gasteiger partial charge is 0.478 e. The number of rotatable bonds is 2. The van der Waals surface area contributed by atoms with Gasteiger partial charge in [0, 0.05) is 6.20 Å². The standard InChI is InChI=1S/C10H13NO2/c1-6(2)8-4-9(10(12)13)7(3)11-5-8/h4-6H,1-3H3,(H,12,13). The summed E-state index contributed by atoms with van der Waals surface area (Å²) in [5.74, 6) is -0.598.